The SMILES string of the molecule is O=C1[C@H]2[C@H](C(=O)N1/N=C\C=C\c1ccccc1)[C@@H]1C=C[C@@H]2CC1. The second kappa shape index (κ2) is 5.61. The van der Waals surface area contributed by atoms with Crippen molar-refractivity contribution < 1.29 is 9.59 Å². The fraction of sp³-hybridized carbons (Fsp3) is 0.316. The number of carbonyl (C=O) groups is 2. The van der Waals surface area contributed by atoms with Crippen LogP contribution in [0, 0.1) is 23.7 Å². The molecule has 2 amide bonds. The first kappa shape index (κ1) is 14.1. The van der Waals surface area contributed by atoms with Gasteiger partial charge in [0.05, 0.1) is 11.8 Å². The molecule has 0 spiro atoms. The summed E-state index contributed by atoms with van der Waals surface area (Å²) < 4.78 is 0. The van der Waals surface area contributed by atoms with Gasteiger partial charge < -0.3 is 0 Å². The van der Waals surface area contributed by atoms with Crippen LogP contribution in [-0.4, -0.2) is 23.0 Å². The molecule has 0 aromatic heterocycles. The van der Waals surface area contributed by atoms with Gasteiger partial charge in [-0.15, -0.1) is 0 Å². The molecular formula is C19H18N2O2. The van der Waals surface area contributed by atoms with Gasteiger partial charge in [0.2, 0.25) is 0 Å². The molecule has 1 saturated carbocycles. The van der Waals surface area contributed by atoms with Crippen LogP contribution in [-0.2, 0) is 9.59 Å². The monoisotopic (exact) mass is 306 g/mol. The van der Waals surface area contributed by atoms with Gasteiger partial charge >= 0.3 is 0 Å². The number of hydrogen-bond donors (Lipinski definition) is 0. The Bertz CT molecular complexity index is 688. The van der Waals surface area contributed by atoms with Crippen molar-refractivity contribution in [2.75, 3.05) is 0 Å². The highest BCUT2D eigenvalue weighted by Gasteiger charge is 2.56. The van der Waals surface area contributed by atoms with E-state index in [1.165, 1.54) is 6.21 Å². The van der Waals surface area contributed by atoms with Gasteiger partial charge in [-0.05, 0) is 36.3 Å². The van der Waals surface area contributed by atoms with Gasteiger partial charge in [-0.25, -0.2) is 0 Å². The summed E-state index contributed by atoms with van der Waals surface area (Å²) in [5.74, 6) is -0.238. The number of hydrazone groups is 1. The largest absolute Gasteiger partial charge is 0.272 e. The molecule has 1 aromatic carbocycles. The highest BCUT2D eigenvalue weighted by Crippen LogP contribution is 2.49. The normalized spacial score (nSPS) is 32.4. The Morgan fingerprint density at radius 3 is 2.13 bits per heavy atom. The van der Waals surface area contributed by atoms with Crippen molar-refractivity contribution in [3.05, 3.63) is 54.1 Å². The lowest BCUT2D eigenvalue weighted by Gasteiger charge is -2.37. The molecule has 2 bridgehead atoms. The minimum Gasteiger partial charge on any atom is -0.272 e. The molecule has 23 heavy (non-hydrogen) atoms. The molecular weight excluding hydrogens is 288 g/mol. The van der Waals surface area contributed by atoms with E-state index in [2.05, 4.69) is 17.3 Å². The number of carbonyl (C=O) groups excluding carboxylic acids is 2. The van der Waals surface area contributed by atoms with Crippen molar-refractivity contribution in [3.8, 4) is 0 Å². The van der Waals surface area contributed by atoms with E-state index < -0.39 is 0 Å². The number of fused-ring (bicyclic) bond motifs is 1. The summed E-state index contributed by atoms with van der Waals surface area (Å²) in [6.45, 7) is 0. The average Bonchev–Trinajstić information content (AvgIpc) is 2.87. The molecule has 116 valence electrons. The van der Waals surface area contributed by atoms with E-state index in [-0.39, 0.29) is 35.5 Å². The maximum absolute atomic E-state index is 12.5. The maximum atomic E-state index is 12.5. The predicted molar refractivity (Wildman–Crippen MR) is 88.2 cm³/mol. The standard InChI is InChI=1S/C19H18N2O2/c22-18-16-14-8-9-15(11-10-14)17(16)19(23)21(18)20-12-4-7-13-5-2-1-3-6-13/h1-9,12,14-17H,10-11H2/b7-4+,20-12-/t14-,15-,16-,17-/m1/s1. The first-order valence-corrected chi connectivity index (χ1v) is 8.07. The van der Waals surface area contributed by atoms with E-state index in [1.54, 1.807) is 6.08 Å². The summed E-state index contributed by atoms with van der Waals surface area (Å²) in [6.07, 6.45) is 11.4. The summed E-state index contributed by atoms with van der Waals surface area (Å²) in [6, 6.07) is 9.83. The number of rotatable bonds is 3. The fourth-order valence-corrected chi connectivity index (χ4v) is 4.00. The zero-order valence-corrected chi connectivity index (χ0v) is 12.7. The van der Waals surface area contributed by atoms with Crippen molar-refractivity contribution in [2.24, 2.45) is 28.8 Å². The first-order valence-electron chi connectivity index (χ1n) is 8.07. The second-order valence-corrected chi connectivity index (χ2v) is 6.36. The molecule has 1 aromatic rings. The van der Waals surface area contributed by atoms with E-state index in [0.29, 0.717) is 0 Å². The van der Waals surface area contributed by atoms with E-state index in [1.807, 2.05) is 36.4 Å². The van der Waals surface area contributed by atoms with E-state index in [0.717, 1.165) is 23.4 Å². The van der Waals surface area contributed by atoms with Crippen LogP contribution in [0.4, 0.5) is 0 Å². The lowest BCUT2D eigenvalue weighted by atomic mass is 9.63. The molecule has 1 heterocycles. The van der Waals surface area contributed by atoms with Gasteiger partial charge in [-0.2, -0.15) is 10.1 Å². The van der Waals surface area contributed by atoms with Crippen LogP contribution < -0.4 is 0 Å². The van der Waals surface area contributed by atoms with Crippen LogP contribution >= 0.6 is 0 Å². The van der Waals surface area contributed by atoms with Crippen molar-refractivity contribution in [1.82, 2.24) is 5.01 Å². The minimum atomic E-state index is -0.193. The number of amides is 2. The number of allylic oxidation sites excluding steroid dienone is 3. The van der Waals surface area contributed by atoms with E-state index in [9.17, 15) is 9.59 Å². The Labute approximate surface area is 135 Å². The molecule has 5 rings (SSSR count). The number of imide groups is 1. The summed E-state index contributed by atoms with van der Waals surface area (Å²) in [7, 11) is 0. The third-order valence-electron chi connectivity index (χ3n) is 5.09. The van der Waals surface area contributed by atoms with Gasteiger partial charge in [0.15, 0.2) is 0 Å². The Morgan fingerprint density at radius 2 is 1.57 bits per heavy atom. The van der Waals surface area contributed by atoms with Gasteiger partial charge in [0.25, 0.3) is 11.8 Å². The molecule has 1 aliphatic heterocycles. The molecule has 2 fully saturated rings. The van der Waals surface area contributed by atoms with E-state index in [4.69, 9.17) is 0 Å². The quantitative estimate of drug-likeness (QED) is 0.490. The Kier molecular flexibility index (Phi) is 3.45. The number of nitrogens with zero attached hydrogens (tertiary/aromatic N) is 2. The Balaban J connectivity index is 1.50. The zero-order chi connectivity index (χ0) is 15.8. The molecule has 3 aliphatic carbocycles. The lowest BCUT2D eigenvalue weighted by molar-refractivity contribution is -0.140. The second-order valence-electron chi connectivity index (χ2n) is 6.36. The van der Waals surface area contributed by atoms with Crippen molar-refractivity contribution >= 4 is 24.1 Å². The van der Waals surface area contributed by atoms with Crippen molar-refractivity contribution in [2.45, 2.75) is 12.8 Å². The third kappa shape index (κ3) is 2.34. The van der Waals surface area contributed by atoms with Crippen LogP contribution in [0.2, 0.25) is 0 Å². The molecule has 4 heteroatoms. The molecule has 0 unspecified atom stereocenters. The van der Waals surface area contributed by atoms with Gasteiger partial charge in [0, 0.05) is 6.21 Å². The highest BCUT2D eigenvalue weighted by atomic mass is 16.2. The van der Waals surface area contributed by atoms with Crippen LogP contribution in [0.1, 0.15) is 18.4 Å². The molecule has 0 N–H and O–H groups in total. The predicted octanol–water partition coefficient (Wildman–Crippen LogP) is 2.88. The molecule has 0 radical (unpaired) electrons. The summed E-state index contributed by atoms with van der Waals surface area (Å²) in [4.78, 5) is 25.1. The topological polar surface area (TPSA) is 49.7 Å². The Morgan fingerprint density at radius 1 is 0.957 bits per heavy atom. The number of benzene rings is 1. The summed E-state index contributed by atoms with van der Waals surface area (Å²) in [5, 5.41) is 5.20. The lowest BCUT2D eigenvalue weighted by Crippen LogP contribution is -2.38. The minimum absolute atomic E-state index is 0.136. The molecule has 1 saturated heterocycles. The van der Waals surface area contributed by atoms with E-state index >= 15 is 0 Å². The average molecular weight is 306 g/mol. The van der Waals surface area contributed by atoms with Gasteiger partial charge in [-0.3, -0.25) is 9.59 Å². The van der Waals surface area contributed by atoms with Crippen LogP contribution in [0.3, 0.4) is 0 Å². The maximum Gasteiger partial charge on any atom is 0.254 e. The zero-order valence-electron chi connectivity index (χ0n) is 12.7. The van der Waals surface area contributed by atoms with Crippen LogP contribution in [0.5, 0.6) is 0 Å². The van der Waals surface area contributed by atoms with Gasteiger partial charge in [0.1, 0.15) is 0 Å². The van der Waals surface area contributed by atoms with Crippen molar-refractivity contribution in [1.29, 1.82) is 0 Å². The Hall–Kier alpha value is -2.49. The van der Waals surface area contributed by atoms with Crippen LogP contribution in [0.25, 0.3) is 6.08 Å². The first-order chi connectivity index (χ1) is 11.3. The van der Waals surface area contributed by atoms with Crippen molar-refractivity contribution in [3.63, 3.8) is 0 Å². The third-order valence-corrected chi connectivity index (χ3v) is 5.09. The molecule has 4 atom stereocenters. The van der Waals surface area contributed by atoms with Crippen LogP contribution in [0.15, 0.2) is 53.7 Å². The summed E-state index contributed by atoms with van der Waals surface area (Å²) >= 11 is 0. The summed E-state index contributed by atoms with van der Waals surface area (Å²) in [5.41, 5.74) is 1.05. The molecule has 4 aliphatic rings. The number of hydrogen-bond acceptors (Lipinski definition) is 3. The molecule has 4 nitrogen and oxygen atoms in total. The highest BCUT2D eigenvalue weighted by molar-refractivity contribution is 6.06. The van der Waals surface area contributed by atoms with Gasteiger partial charge in [-0.1, -0.05) is 48.6 Å². The smallest absolute Gasteiger partial charge is 0.254 e. The fourth-order valence-electron chi connectivity index (χ4n) is 4.00.